The number of methoxy groups -OCH3 is 1. The van der Waals surface area contributed by atoms with Crippen LogP contribution in [-0.2, 0) is 16.1 Å². The summed E-state index contributed by atoms with van der Waals surface area (Å²) in [6.07, 6.45) is 0. The van der Waals surface area contributed by atoms with E-state index in [4.69, 9.17) is 9.47 Å². The molecule has 0 atom stereocenters. The van der Waals surface area contributed by atoms with Crippen molar-refractivity contribution in [3.05, 3.63) is 23.5 Å². The maximum atomic E-state index is 11.5. The van der Waals surface area contributed by atoms with Crippen molar-refractivity contribution in [2.45, 2.75) is 13.5 Å². The number of pyridine rings is 1. The van der Waals surface area contributed by atoms with Crippen LogP contribution in [-0.4, -0.2) is 44.8 Å². The molecule has 0 radical (unpaired) electrons. The van der Waals surface area contributed by atoms with Gasteiger partial charge in [0, 0.05) is 25.9 Å². The van der Waals surface area contributed by atoms with E-state index in [2.05, 4.69) is 15.6 Å². The number of aromatic nitrogens is 1. The van der Waals surface area contributed by atoms with Gasteiger partial charge in [0.05, 0.1) is 12.3 Å². The topological polar surface area (TPSA) is 72.5 Å². The van der Waals surface area contributed by atoms with Crippen LogP contribution < -0.4 is 15.4 Å². The molecule has 1 aromatic rings. The van der Waals surface area contributed by atoms with E-state index in [-0.39, 0.29) is 12.5 Å². The number of hydrogen-bond donors (Lipinski definition) is 2. The minimum atomic E-state index is -0.173. The van der Waals surface area contributed by atoms with E-state index in [0.717, 1.165) is 11.4 Å². The average Bonchev–Trinajstić information content (AvgIpc) is 2.38. The lowest BCUT2D eigenvalue weighted by Gasteiger charge is -2.11. The summed E-state index contributed by atoms with van der Waals surface area (Å²) in [6.45, 7) is 3.46. The maximum Gasteiger partial charge on any atom is 0.258 e. The first-order valence-electron chi connectivity index (χ1n) is 6.17. The normalized spacial score (nSPS) is 10.3. The summed E-state index contributed by atoms with van der Waals surface area (Å²) < 4.78 is 10.3. The van der Waals surface area contributed by atoms with Crippen molar-refractivity contribution in [3.8, 4) is 5.75 Å². The van der Waals surface area contributed by atoms with Crippen LogP contribution in [0.25, 0.3) is 0 Å². The minimum absolute atomic E-state index is 0.0226. The third-order valence-corrected chi connectivity index (χ3v) is 2.40. The Kier molecular flexibility index (Phi) is 6.84. The molecule has 0 aliphatic heterocycles. The first kappa shape index (κ1) is 15.4. The standard InChI is InChI=1S/C13H21N3O3/c1-10-4-5-12(11(16-10)8-14-2)19-9-13(17)15-6-7-18-3/h4-5,14H,6-9H2,1-3H3,(H,15,17). The summed E-state index contributed by atoms with van der Waals surface area (Å²) in [7, 11) is 3.43. The van der Waals surface area contributed by atoms with Gasteiger partial charge in [-0.3, -0.25) is 9.78 Å². The van der Waals surface area contributed by atoms with Gasteiger partial charge in [0.25, 0.3) is 5.91 Å². The third-order valence-electron chi connectivity index (χ3n) is 2.40. The lowest BCUT2D eigenvalue weighted by molar-refractivity contribution is -0.123. The first-order valence-corrected chi connectivity index (χ1v) is 6.17. The molecule has 19 heavy (non-hydrogen) atoms. The fourth-order valence-corrected chi connectivity index (χ4v) is 1.51. The van der Waals surface area contributed by atoms with E-state index in [0.29, 0.717) is 25.4 Å². The SMILES string of the molecule is CNCc1nc(C)ccc1OCC(=O)NCCOC. The van der Waals surface area contributed by atoms with Crippen LogP contribution >= 0.6 is 0 Å². The molecule has 0 aliphatic rings. The quantitative estimate of drug-likeness (QED) is 0.661. The second kappa shape index (κ2) is 8.44. The smallest absolute Gasteiger partial charge is 0.258 e. The highest BCUT2D eigenvalue weighted by Gasteiger charge is 2.07. The van der Waals surface area contributed by atoms with Gasteiger partial charge in [-0.2, -0.15) is 0 Å². The van der Waals surface area contributed by atoms with Gasteiger partial charge in [-0.15, -0.1) is 0 Å². The van der Waals surface area contributed by atoms with E-state index in [1.54, 1.807) is 7.11 Å². The molecule has 0 unspecified atom stereocenters. The Morgan fingerprint density at radius 1 is 1.42 bits per heavy atom. The van der Waals surface area contributed by atoms with E-state index in [1.807, 2.05) is 26.1 Å². The molecule has 1 amide bonds. The second-order valence-corrected chi connectivity index (χ2v) is 4.06. The van der Waals surface area contributed by atoms with Crippen molar-refractivity contribution in [1.82, 2.24) is 15.6 Å². The van der Waals surface area contributed by atoms with Crippen LogP contribution in [0.4, 0.5) is 0 Å². The van der Waals surface area contributed by atoms with Crippen molar-refractivity contribution < 1.29 is 14.3 Å². The molecule has 2 N–H and O–H groups in total. The molecule has 0 bridgehead atoms. The zero-order valence-corrected chi connectivity index (χ0v) is 11.7. The highest BCUT2D eigenvalue weighted by molar-refractivity contribution is 5.77. The van der Waals surface area contributed by atoms with E-state index in [1.165, 1.54) is 0 Å². The predicted molar refractivity (Wildman–Crippen MR) is 72.1 cm³/mol. The Bertz CT molecular complexity index is 410. The number of amides is 1. The molecule has 0 saturated carbocycles. The van der Waals surface area contributed by atoms with E-state index in [9.17, 15) is 4.79 Å². The molecule has 1 rings (SSSR count). The Balaban J connectivity index is 2.50. The number of hydrogen-bond acceptors (Lipinski definition) is 5. The third kappa shape index (κ3) is 5.67. The molecule has 0 aromatic carbocycles. The number of nitrogens with zero attached hydrogens (tertiary/aromatic N) is 1. The Hall–Kier alpha value is -1.66. The van der Waals surface area contributed by atoms with Crippen LogP contribution in [0.2, 0.25) is 0 Å². The summed E-state index contributed by atoms with van der Waals surface area (Å²) >= 11 is 0. The lowest BCUT2D eigenvalue weighted by Crippen LogP contribution is -2.31. The number of aryl methyl sites for hydroxylation is 1. The number of carbonyl (C=O) groups is 1. The van der Waals surface area contributed by atoms with Gasteiger partial charge in [0.1, 0.15) is 5.75 Å². The molecular weight excluding hydrogens is 246 g/mol. The summed E-state index contributed by atoms with van der Waals surface area (Å²) in [4.78, 5) is 15.9. The molecule has 106 valence electrons. The Morgan fingerprint density at radius 3 is 2.89 bits per heavy atom. The van der Waals surface area contributed by atoms with Crippen molar-refractivity contribution >= 4 is 5.91 Å². The fraction of sp³-hybridized carbons (Fsp3) is 0.538. The minimum Gasteiger partial charge on any atom is -0.482 e. The van der Waals surface area contributed by atoms with Crippen molar-refractivity contribution in [1.29, 1.82) is 0 Å². The average molecular weight is 267 g/mol. The molecule has 1 aromatic heterocycles. The summed E-state index contributed by atoms with van der Waals surface area (Å²) in [6, 6.07) is 3.69. The molecular formula is C13H21N3O3. The maximum absolute atomic E-state index is 11.5. The number of carbonyl (C=O) groups excluding carboxylic acids is 1. The van der Waals surface area contributed by atoms with Crippen molar-refractivity contribution in [2.24, 2.45) is 0 Å². The number of nitrogens with one attached hydrogen (secondary N) is 2. The van der Waals surface area contributed by atoms with Crippen molar-refractivity contribution in [3.63, 3.8) is 0 Å². The predicted octanol–water partition coefficient (Wildman–Crippen LogP) is 0.251. The van der Waals surface area contributed by atoms with Gasteiger partial charge in [0.2, 0.25) is 0 Å². The largest absolute Gasteiger partial charge is 0.482 e. The van der Waals surface area contributed by atoms with Crippen LogP contribution in [0.15, 0.2) is 12.1 Å². The molecule has 0 aliphatic carbocycles. The van der Waals surface area contributed by atoms with Crippen LogP contribution in [0.3, 0.4) is 0 Å². The van der Waals surface area contributed by atoms with Crippen LogP contribution in [0, 0.1) is 6.92 Å². The molecule has 0 saturated heterocycles. The van der Waals surface area contributed by atoms with Crippen LogP contribution in [0.5, 0.6) is 5.75 Å². The van der Waals surface area contributed by atoms with Gasteiger partial charge < -0.3 is 20.1 Å². The number of rotatable bonds is 8. The van der Waals surface area contributed by atoms with Crippen LogP contribution in [0.1, 0.15) is 11.4 Å². The summed E-state index contributed by atoms with van der Waals surface area (Å²) in [5.41, 5.74) is 1.72. The summed E-state index contributed by atoms with van der Waals surface area (Å²) in [5, 5.41) is 5.71. The molecule has 1 heterocycles. The van der Waals surface area contributed by atoms with E-state index >= 15 is 0 Å². The second-order valence-electron chi connectivity index (χ2n) is 4.06. The van der Waals surface area contributed by atoms with Gasteiger partial charge in [-0.1, -0.05) is 0 Å². The zero-order chi connectivity index (χ0) is 14.1. The molecule has 0 fully saturated rings. The van der Waals surface area contributed by atoms with Gasteiger partial charge in [-0.05, 0) is 26.1 Å². The van der Waals surface area contributed by atoms with Crippen molar-refractivity contribution in [2.75, 3.05) is 33.9 Å². The monoisotopic (exact) mass is 267 g/mol. The van der Waals surface area contributed by atoms with Gasteiger partial charge >= 0.3 is 0 Å². The molecule has 6 nitrogen and oxygen atoms in total. The fourth-order valence-electron chi connectivity index (χ4n) is 1.51. The lowest BCUT2D eigenvalue weighted by atomic mass is 10.3. The van der Waals surface area contributed by atoms with E-state index < -0.39 is 0 Å². The highest BCUT2D eigenvalue weighted by atomic mass is 16.5. The highest BCUT2D eigenvalue weighted by Crippen LogP contribution is 2.16. The zero-order valence-electron chi connectivity index (χ0n) is 11.7. The number of ether oxygens (including phenoxy) is 2. The summed E-state index contributed by atoms with van der Waals surface area (Å²) in [5.74, 6) is 0.454. The molecule has 0 spiro atoms. The first-order chi connectivity index (χ1) is 9.17. The van der Waals surface area contributed by atoms with Gasteiger partial charge in [0.15, 0.2) is 6.61 Å². The Morgan fingerprint density at radius 2 is 2.21 bits per heavy atom. The van der Waals surface area contributed by atoms with Gasteiger partial charge in [-0.25, -0.2) is 0 Å². The Labute approximate surface area is 113 Å². The molecule has 6 heteroatoms.